The van der Waals surface area contributed by atoms with Crippen molar-refractivity contribution in [2.45, 2.75) is 38.3 Å². The highest BCUT2D eigenvalue weighted by molar-refractivity contribution is 5.76. The van der Waals surface area contributed by atoms with E-state index in [1.54, 1.807) is 0 Å². The van der Waals surface area contributed by atoms with E-state index in [0.717, 1.165) is 30.8 Å². The van der Waals surface area contributed by atoms with E-state index in [2.05, 4.69) is 39.5 Å². The van der Waals surface area contributed by atoms with Gasteiger partial charge < -0.3 is 11.1 Å². The van der Waals surface area contributed by atoms with Crippen LogP contribution in [0.5, 0.6) is 0 Å². The molecule has 0 saturated carbocycles. The first-order valence-corrected chi connectivity index (χ1v) is 9.47. The number of likely N-dealkylation sites (tertiary alicyclic amines) is 1. The maximum atomic E-state index is 11.7. The van der Waals surface area contributed by atoms with Gasteiger partial charge in [-0.05, 0) is 43.1 Å². The number of benzene rings is 1. The number of nitrogens with one attached hydrogen (secondary N) is 1. The molecule has 0 bridgehead atoms. The molecule has 26 heavy (non-hydrogen) atoms. The summed E-state index contributed by atoms with van der Waals surface area (Å²) >= 11 is 0. The van der Waals surface area contributed by atoms with E-state index in [1.165, 1.54) is 18.4 Å². The molecule has 1 aliphatic rings. The van der Waals surface area contributed by atoms with Crippen molar-refractivity contribution >= 4 is 5.91 Å². The summed E-state index contributed by atoms with van der Waals surface area (Å²) in [6.45, 7) is 3.09. The average molecular weight is 352 g/mol. The summed E-state index contributed by atoms with van der Waals surface area (Å²) in [6.07, 6.45) is 5.80. The van der Waals surface area contributed by atoms with Gasteiger partial charge >= 0.3 is 0 Å². The minimum atomic E-state index is 0.0511. The first kappa shape index (κ1) is 18.5. The van der Waals surface area contributed by atoms with E-state index in [9.17, 15) is 4.79 Å². The molecule has 1 atom stereocenters. The first-order valence-electron chi connectivity index (χ1n) is 9.47. The largest absolute Gasteiger partial charge is 0.354 e. The van der Waals surface area contributed by atoms with Gasteiger partial charge in [0.05, 0.1) is 5.69 Å². The summed E-state index contributed by atoms with van der Waals surface area (Å²) in [4.78, 5) is 18.7. The number of pyridine rings is 1. The molecule has 3 rings (SSSR count). The van der Waals surface area contributed by atoms with Crippen LogP contribution in [-0.4, -0.2) is 41.5 Å². The second kappa shape index (κ2) is 9.46. The van der Waals surface area contributed by atoms with Crippen LogP contribution >= 0.6 is 0 Å². The number of rotatable bonds is 7. The summed E-state index contributed by atoms with van der Waals surface area (Å²) < 4.78 is 0. The topological polar surface area (TPSA) is 71.2 Å². The minimum Gasteiger partial charge on any atom is -0.354 e. The van der Waals surface area contributed by atoms with Gasteiger partial charge in [0, 0.05) is 43.9 Å². The van der Waals surface area contributed by atoms with Crippen LogP contribution in [0.25, 0.3) is 11.3 Å². The van der Waals surface area contributed by atoms with Crippen molar-refractivity contribution in [3.63, 3.8) is 0 Å². The molecule has 0 aliphatic carbocycles. The van der Waals surface area contributed by atoms with Crippen LogP contribution in [0.2, 0.25) is 0 Å². The standard InChI is InChI=1S/C21H28N4O/c22-11-10-21(26)24-15-19-8-2-4-13-25(19)16-17-6-5-7-18(14-17)20-9-1-3-12-23-20/h1,3,5-7,9,12,14,19H,2,4,8,10-11,13,15-16,22H2,(H,24,26). The lowest BCUT2D eigenvalue weighted by atomic mass is 10.00. The SMILES string of the molecule is NCCC(=O)NCC1CCCCN1Cc1cccc(-c2ccccn2)c1. The maximum Gasteiger partial charge on any atom is 0.221 e. The predicted octanol–water partition coefficient (Wildman–Crippen LogP) is 2.57. The quantitative estimate of drug-likeness (QED) is 0.803. The molecule has 0 spiro atoms. The van der Waals surface area contributed by atoms with Gasteiger partial charge in [-0.1, -0.05) is 30.7 Å². The molecule has 1 aromatic carbocycles. The van der Waals surface area contributed by atoms with E-state index in [-0.39, 0.29) is 5.91 Å². The van der Waals surface area contributed by atoms with Gasteiger partial charge in [-0.2, -0.15) is 0 Å². The van der Waals surface area contributed by atoms with E-state index in [4.69, 9.17) is 5.73 Å². The second-order valence-electron chi connectivity index (χ2n) is 6.88. The summed E-state index contributed by atoms with van der Waals surface area (Å²) in [6, 6.07) is 15.0. The number of piperidine rings is 1. The first-order chi connectivity index (χ1) is 12.8. The van der Waals surface area contributed by atoms with Gasteiger partial charge in [0.15, 0.2) is 0 Å². The zero-order valence-electron chi connectivity index (χ0n) is 15.2. The highest BCUT2D eigenvalue weighted by atomic mass is 16.1. The summed E-state index contributed by atoms with van der Waals surface area (Å²) in [5, 5.41) is 3.04. The molecule has 1 amide bonds. The van der Waals surface area contributed by atoms with Crippen LogP contribution in [0.15, 0.2) is 48.7 Å². The highest BCUT2D eigenvalue weighted by Gasteiger charge is 2.22. The lowest BCUT2D eigenvalue weighted by Crippen LogP contribution is -2.46. The zero-order chi connectivity index (χ0) is 18.2. The van der Waals surface area contributed by atoms with Crippen LogP contribution in [0.1, 0.15) is 31.2 Å². The smallest absolute Gasteiger partial charge is 0.221 e. The Morgan fingerprint density at radius 2 is 2.15 bits per heavy atom. The Hall–Kier alpha value is -2.24. The fraction of sp³-hybridized carbons (Fsp3) is 0.429. The van der Waals surface area contributed by atoms with E-state index in [1.807, 2.05) is 24.4 Å². The van der Waals surface area contributed by atoms with E-state index >= 15 is 0 Å². The molecule has 1 unspecified atom stereocenters. The van der Waals surface area contributed by atoms with Crippen LogP contribution in [0.3, 0.4) is 0 Å². The molecular weight excluding hydrogens is 324 g/mol. The number of nitrogens with zero attached hydrogens (tertiary/aromatic N) is 2. The second-order valence-corrected chi connectivity index (χ2v) is 6.88. The Kier molecular flexibility index (Phi) is 6.75. The third-order valence-corrected chi connectivity index (χ3v) is 4.93. The van der Waals surface area contributed by atoms with E-state index in [0.29, 0.717) is 25.6 Å². The third-order valence-electron chi connectivity index (χ3n) is 4.93. The number of nitrogens with two attached hydrogens (primary N) is 1. The van der Waals surface area contributed by atoms with Crippen LogP contribution in [0.4, 0.5) is 0 Å². The molecule has 5 nitrogen and oxygen atoms in total. The molecule has 5 heteroatoms. The number of aromatic nitrogens is 1. The lowest BCUT2D eigenvalue weighted by molar-refractivity contribution is -0.121. The van der Waals surface area contributed by atoms with Gasteiger partial charge in [-0.3, -0.25) is 14.7 Å². The predicted molar refractivity (Wildman–Crippen MR) is 104 cm³/mol. The zero-order valence-corrected chi connectivity index (χ0v) is 15.2. The van der Waals surface area contributed by atoms with Crippen molar-refractivity contribution in [2.24, 2.45) is 5.73 Å². The van der Waals surface area contributed by atoms with Crippen LogP contribution < -0.4 is 11.1 Å². The fourth-order valence-corrected chi connectivity index (χ4v) is 3.55. The van der Waals surface area contributed by atoms with E-state index < -0.39 is 0 Å². The Morgan fingerprint density at radius 1 is 1.23 bits per heavy atom. The molecular formula is C21H28N4O. The number of hydrogen-bond donors (Lipinski definition) is 2. The molecule has 1 aromatic heterocycles. The fourth-order valence-electron chi connectivity index (χ4n) is 3.55. The Balaban J connectivity index is 1.65. The molecule has 0 radical (unpaired) electrons. The number of amides is 1. The monoisotopic (exact) mass is 352 g/mol. The van der Waals surface area contributed by atoms with Crippen molar-refractivity contribution in [3.8, 4) is 11.3 Å². The Morgan fingerprint density at radius 3 is 2.96 bits per heavy atom. The Labute approximate surface area is 155 Å². The molecule has 2 heterocycles. The summed E-state index contributed by atoms with van der Waals surface area (Å²) in [5.41, 5.74) is 8.88. The third kappa shape index (κ3) is 5.13. The normalized spacial score (nSPS) is 17.8. The Bertz CT molecular complexity index is 704. The van der Waals surface area contributed by atoms with Gasteiger partial charge in [0.25, 0.3) is 0 Å². The number of carbonyl (C=O) groups is 1. The van der Waals surface area contributed by atoms with Crippen LogP contribution in [0, 0.1) is 0 Å². The summed E-state index contributed by atoms with van der Waals surface area (Å²) in [5.74, 6) is 0.0511. The van der Waals surface area contributed by atoms with Gasteiger partial charge in [0.1, 0.15) is 0 Å². The summed E-state index contributed by atoms with van der Waals surface area (Å²) in [7, 11) is 0. The minimum absolute atomic E-state index is 0.0511. The molecule has 3 N–H and O–H groups in total. The van der Waals surface area contributed by atoms with Crippen molar-refractivity contribution < 1.29 is 4.79 Å². The average Bonchev–Trinajstić information content (AvgIpc) is 2.68. The maximum absolute atomic E-state index is 11.7. The molecule has 1 saturated heterocycles. The molecule has 138 valence electrons. The van der Waals surface area contributed by atoms with Crippen molar-refractivity contribution in [1.82, 2.24) is 15.2 Å². The van der Waals surface area contributed by atoms with Crippen molar-refractivity contribution in [2.75, 3.05) is 19.6 Å². The van der Waals surface area contributed by atoms with Gasteiger partial charge in [-0.15, -0.1) is 0 Å². The lowest BCUT2D eigenvalue weighted by Gasteiger charge is -2.36. The van der Waals surface area contributed by atoms with Gasteiger partial charge in [0.2, 0.25) is 5.91 Å². The van der Waals surface area contributed by atoms with Crippen LogP contribution in [-0.2, 0) is 11.3 Å². The molecule has 2 aromatic rings. The van der Waals surface area contributed by atoms with Gasteiger partial charge in [-0.25, -0.2) is 0 Å². The number of carbonyl (C=O) groups excluding carboxylic acids is 1. The molecule has 1 fully saturated rings. The molecule has 1 aliphatic heterocycles. The number of hydrogen-bond acceptors (Lipinski definition) is 4. The highest BCUT2D eigenvalue weighted by Crippen LogP contribution is 2.22. The van der Waals surface area contributed by atoms with Crippen molar-refractivity contribution in [3.05, 3.63) is 54.2 Å². The van der Waals surface area contributed by atoms with Crippen molar-refractivity contribution in [1.29, 1.82) is 0 Å².